The van der Waals surface area contributed by atoms with Crippen molar-refractivity contribution in [2.24, 2.45) is 0 Å². The summed E-state index contributed by atoms with van der Waals surface area (Å²) in [5.41, 5.74) is 0.211. The summed E-state index contributed by atoms with van der Waals surface area (Å²) in [6.07, 6.45) is 2.18. The van der Waals surface area contributed by atoms with E-state index >= 15 is 0 Å². The first-order valence-electron chi connectivity index (χ1n) is 5.57. The minimum Gasteiger partial charge on any atom is -0.369 e. The smallest absolute Gasteiger partial charge is 0.134 e. The quantitative estimate of drug-likeness (QED) is 0.554. The fourth-order valence-electron chi connectivity index (χ4n) is 2.21. The van der Waals surface area contributed by atoms with Crippen LogP contribution in [0, 0.1) is 6.92 Å². The first-order valence-corrected chi connectivity index (χ1v) is 5.95. The molecule has 2 aliphatic heterocycles. The van der Waals surface area contributed by atoms with Gasteiger partial charge >= 0.3 is 0 Å². The van der Waals surface area contributed by atoms with E-state index in [4.69, 9.17) is 16.3 Å². The maximum absolute atomic E-state index is 5.94. The maximum Gasteiger partial charge on any atom is 0.134 e. The SMILES string of the molecule is Cc1nc(Cl)cc(N2CCC3(CC2)CO3)n1. The molecule has 0 saturated carbocycles. The van der Waals surface area contributed by atoms with Gasteiger partial charge in [-0.3, -0.25) is 0 Å². The van der Waals surface area contributed by atoms with Gasteiger partial charge in [0.2, 0.25) is 0 Å². The van der Waals surface area contributed by atoms with E-state index in [0.717, 1.165) is 44.2 Å². The first kappa shape index (κ1) is 10.3. The normalized spacial score (nSPS) is 22.5. The molecule has 0 amide bonds. The molecule has 4 nitrogen and oxygen atoms in total. The van der Waals surface area contributed by atoms with E-state index < -0.39 is 0 Å². The molecule has 1 aromatic heterocycles. The molecule has 2 fully saturated rings. The molecule has 5 heteroatoms. The van der Waals surface area contributed by atoms with Crippen molar-refractivity contribution in [2.75, 3.05) is 24.6 Å². The Labute approximate surface area is 99.6 Å². The topological polar surface area (TPSA) is 41.6 Å². The van der Waals surface area contributed by atoms with Gasteiger partial charge in [0.15, 0.2) is 0 Å². The number of epoxide rings is 1. The number of halogens is 1. The Balaban J connectivity index is 1.77. The lowest BCUT2D eigenvalue weighted by molar-refractivity contribution is 0.258. The summed E-state index contributed by atoms with van der Waals surface area (Å²) in [4.78, 5) is 10.7. The van der Waals surface area contributed by atoms with E-state index in [9.17, 15) is 0 Å². The lowest BCUT2D eigenvalue weighted by atomic mass is 9.98. The molecule has 0 unspecified atom stereocenters. The molecular weight excluding hydrogens is 226 g/mol. The highest BCUT2D eigenvalue weighted by atomic mass is 35.5. The summed E-state index contributed by atoms with van der Waals surface area (Å²) in [6.45, 7) is 4.79. The van der Waals surface area contributed by atoms with Crippen LogP contribution in [0.3, 0.4) is 0 Å². The van der Waals surface area contributed by atoms with Crippen molar-refractivity contribution in [1.29, 1.82) is 0 Å². The van der Waals surface area contributed by atoms with Gasteiger partial charge in [-0.15, -0.1) is 0 Å². The molecule has 1 aromatic rings. The van der Waals surface area contributed by atoms with Crippen molar-refractivity contribution >= 4 is 17.4 Å². The maximum atomic E-state index is 5.94. The van der Waals surface area contributed by atoms with E-state index in [1.165, 1.54) is 0 Å². The Morgan fingerprint density at radius 1 is 1.38 bits per heavy atom. The van der Waals surface area contributed by atoms with E-state index in [1.807, 2.05) is 13.0 Å². The zero-order chi connectivity index (χ0) is 11.2. The van der Waals surface area contributed by atoms with E-state index in [2.05, 4.69) is 14.9 Å². The molecule has 3 rings (SSSR count). The lowest BCUT2D eigenvalue weighted by Crippen LogP contribution is -2.38. The number of anilines is 1. The highest BCUT2D eigenvalue weighted by Crippen LogP contribution is 2.38. The predicted octanol–water partition coefficient (Wildman–Crippen LogP) is 1.81. The molecule has 0 radical (unpaired) electrons. The molecule has 16 heavy (non-hydrogen) atoms. The minimum absolute atomic E-state index is 0.211. The molecule has 0 N–H and O–H groups in total. The second-order valence-electron chi connectivity index (χ2n) is 4.55. The zero-order valence-electron chi connectivity index (χ0n) is 9.24. The van der Waals surface area contributed by atoms with Gasteiger partial charge in [0, 0.05) is 19.2 Å². The average Bonchev–Trinajstić information content (AvgIpc) is 2.97. The number of ether oxygens (including phenoxy) is 1. The highest BCUT2D eigenvalue weighted by Gasteiger charge is 2.46. The predicted molar refractivity (Wildman–Crippen MR) is 61.9 cm³/mol. The number of aryl methyl sites for hydroxylation is 1. The number of hydrogen-bond acceptors (Lipinski definition) is 4. The summed E-state index contributed by atoms with van der Waals surface area (Å²) >= 11 is 5.94. The van der Waals surface area contributed by atoms with Gasteiger partial charge in [-0.2, -0.15) is 0 Å². The summed E-state index contributed by atoms with van der Waals surface area (Å²) in [5, 5.41) is 0.519. The Hall–Kier alpha value is -0.870. The van der Waals surface area contributed by atoms with Crippen molar-refractivity contribution in [3.05, 3.63) is 17.0 Å². The van der Waals surface area contributed by atoms with Gasteiger partial charge in [-0.1, -0.05) is 11.6 Å². The molecule has 3 heterocycles. The van der Waals surface area contributed by atoms with Crippen LogP contribution in [0.2, 0.25) is 5.15 Å². The van der Waals surface area contributed by atoms with Crippen LogP contribution < -0.4 is 4.90 Å². The molecule has 1 spiro atoms. The monoisotopic (exact) mass is 239 g/mol. The van der Waals surface area contributed by atoms with Crippen LogP contribution in [0.15, 0.2) is 6.07 Å². The van der Waals surface area contributed by atoms with Crippen LogP contribution in [0.25, 0.3) is 0 Å². The number of piperidine rings is 1. The summed E-state index contributed by atoms with van der Waals surface area (Å²) in [5.74, 6) is 1.67. The standard InChI is InChI=1S/C11H14ClN3O/c1-8-13-9(12)6-10(14-8)15-4-2-11(3-5-15)7-16-11/h6H,2-5,7H2,1H3. The summed E-state index contributed by atoms with van der Waals surface area (Å²) in [6, 6.07) is 1.83. The molecule has 86 valence electrons. The van der Waals surface area contributed by atoms with Crippen LogP contribution >= 0.6 is 11.6 Å². The molecule has 0 aliphatic carbocycles. The first-order chi connectivity index (χ1) is 7.67. The van der Waals surface area contributed by atoms with E-state index in [0.29, 0.717) is 5.15 Å². The number of nitrogens with zero attached hydrogens (tertiary/aromatic N) is 3. The zero-order valence-corrected chi connectivity index (χ0v) is 10.00. The molecule has 0 aromatic carbocycles. The Bertz CT molecular complexity index is 389. The van der Waals surface area contributed by atoms with Crippen LogP contribution in [-0.4, -0.2) is 35.3 Å². The van der Waals surface area contributed by atoms with Crippen LogP contribution in [0.5, 0.6) is 0 Å². The second kappa shape index (κ2) is 3.57. The average molecular weight is 240 g/mol. The summed E-state index contributed by atoms with van der Waals surface area (Å²) < 4.78 is 5.48. The molecular formula is C11H14ClN3O. The largest absolute Gasteiger partial charge is 0.369 e. The number of hydrogen-bond donors (Lipinski definition) is 0. The van der Waals surface area contributed by atoms with Gasteiger partial charge in [-0.25, -0.2) is 9.97 Å². The lowest BCUT2D eigenvalue weighted by Gasteiger charge is -2.31. The molecule has 0 atom stereocenters. The molecule has 2 saturated heterocycles. The number of rotatable bonds is 1. The van der Waals surface area contributed by atoms with Crippen molar-refractivity contribution in [2.45, 2.75) is 25.4 Å². The second-order valence-corrected chi connectivity index (χ2v) is 4.94. The minimum atomic E-state index is 0.211. The van der Waals surface area contributed by atoms with Crippen molar-refractivity contribution in [3.63, 3.8) is 0 Å². The van der Waals surface area contributed by atoms with Crippen LogP contribution in [0.1, 0.15) is 18.7 Å². The van der Waals surface area contributed by atoms with E-state index in [1.54, 1.807) is 0 Å². The van der Waals surface area contributed by atoms with Crippen molar-refractivity contribution in [1.82, 2.24) is 9.97 Å². The Morgan fingerprint density at radius 3 is 2.62 bits per heavy atom. The van der Waals surface area contributed by atoms with Gasteiger partial charge in [-0.05, 0) is 19.8 Å². The number of aromatic nitrogens is 2. The van der Waals surface area contributed by atoms with Gasteiger partial charge in [0.1, 0.15) is 16.8 Å². The van der Waals surface area contributed by atoms with Gasteiger partial charge in [0.25, 0.3) is 0 Å². The Kier molecular flexibility index (Phi) is 2.30. The third-order valence-corrected chi connectivity index (χ3v) is 3.54. The Morgan fingerprint density at radius 2 is 2.06 bits per heavy atom. The highest BCUT2D eigenvalue weighted by molar-refractivity contribution is 6.29. The third-order valence-electron chi connectivity index (χ3n) is 3.34. The molecule has 2 aliphatic rings. The van der Waals surface area contributed by atoms with Crippen LogP contribution in [0.4, 0.5) is 5.82 Å². The van der Waals surface area contributed by atoms with E-state index in [-0.39, 0.29) is 5.60 Å². The fraction of sp³-hybridized carbons (Fsp3) is 0.636. The summed E-state index contributed by atoms with van der Waals surface area (Å²) in [7, 11) is 0. The van der Waals surface area contributed by atoms with Gasteiger partial charge < -0.3 is 9.64 Å². The van der Waals surface area contributed by atoms with Crippen LogP contribution in [-0.2, 0) is 4.74 Å². The third kappa shape index (κ3) is 1.87. The molecule has 0 bridgehead atoms. The van der Waals surface area contributed by atoms with Crippen molar-refractivity contribution in [3.8, 4) is 0 Å². The van der Waals surface area contributed by atoms with Gasteiger partial charge in [0.05, 0.1) is 12.2 Å². The fourth-order valence-corrected chi connectivity index (χ4v) is 2.43. The van der Waals surface area contributed by atoms with Crippen molar-refractivity contribution < 1.29 is 4.74 Å².